The maximum absolute atomic E-state index is 13.6. The fraction of sp³-hybridized carbons (Fsp3) is 0.333. The third kappa shape index (κ3) is 4.01. The first kappa shape index (κ1) is 15.5. The summed E-state index contributed by atoms with van der Waals surface area (Å²) in [5.74, 6) is -2.61. The summed E-state index contributed by atoms with van der Waals surface area (Å²) in [6.07, 6.45) is 0.145. The zero-order valence-corrected chi connectivity index (χ0v) is 10.7. The molecule has 20 heavy (non-hydrogen) atoms. The number of hydrogen-bond donors (Lipinski definition) is 1. The summed E-state index contributed by atoms with van der Waals surface area (Å²) in [5.41, 5.74) is -0.721. The number of non-ortho nitro benzene ring substituents is 1. The topological polar surface area (TPSA) is 101 Å². The maximum atomic E-state index is 13.6. The lowest BCUT2D eigenvalue weighted by atomic mass is 10.1. The van der Waals surface area contributed by atoms with Crippen LogP contribution in [0.5, 0.6) is 0 Å². The van der Waals surface area contributed by atoms with Crippen molar-refractivity contribution in [2.24, 2.45) is 0 Å². The number of halogens is 1. The van der Waals surface area contributed by atoms with Crippen molar-refractivity contribution in [1.29, 1.82) is 0 Å². The van der Waals surface area contributed by atoms with Gasteiger partial charge in [0.05, 0.1) is 16.6 Å². The highest BCUT2D eigenvalue weighted by Gasteiger charge is 2.19. The molecule has 7 nitrogen and oxygen atoms in total. The Morgan fingerprint density at radius 2 is 2.10 bits per heavy atom. The molecule has 0 saturated carbocycles. The van der Waals surface area contributed by atoms with Crippen molar-refractivity contribution in [2.45, 2.75) is 12.8 Å². The molecule has 0 aliphatic heterocycles. The number of nitro groups is 1. The number of hydrogen-bond acceptors (Lipinski definition) is 4. The molecular weight excluding hydrogens is 271 g/mol. The highest BCUT2D eigenvalue weighted by molar-refractivity contribution is 5.94. The van der Waals surface area contributed by atoms with Gasteiger partial charge in [0.15, 0.2) is 0 Å². The van der Waals surface area contributed by atoms with Gasteiger partial charge in [0.25, 0.3) is 11.6 Å². The molecule has 8 heteroatoms. The van der Waals surface area contributed by atoms with Crippen molar-refractivity contribution in [3.8, 4) is 0 Å². The van der Waals surface area contributed by atoms with E-state index in [4.69, 9.17) is 5.11 Å². The number of carbonyl (C=O) groups is 2. The number of carbonyl (C=O) groups excluding carboxylic acids is 1. The fourth-order valence-electron chi connectivity index (χ4n) is 1.57. The lowest BCUT2D eigenvalue weighted by Crippen LogP contribution is -2.28. The summed E-state index contributed by atoms with van der Waals surface area (Å²) < 4.78 is 13.6. The minimum absolute atomic E-state index is 0.0969. The van der Waals surface area contributed by atoms with Gasteiger partial charge >= 0.3 is 5.97 Å². The summed E-state index contributed by atoms with van der Waals surface area (Å²) in [7, 11) is 1.41. The molecule has 0 fully saturated rings. The minimum atomic E-state index is -0.979. The molecule has 0 radical (unpaired) electrons. The van der Waals surface area contributed by atoms with E-state index in [1.54, 1.807) is 0 Å². The second kappa shape index (κ2) is 6.60. The second-order valence-corrected chi connectivity index (χ2v) is 4.15. The minimum Gasteiger partial charge on any atom is -0.481 e. The molecular formula is C12H13FN2O5. The van der Waals surface area contributed by atoms with Crippen molar-refractivity contribution in [2.75, 3.05) is 13.6 Å². The monoisotopic (exact) mass is 284 g/mol. The molecule has 1 rings (SSSR count). The normalized spacial score (nSPS) is 10.1. The lowest BCUT2D eigenvalue weighted by Gasteiger charge is -2.16. The van der Waals surface area contributed by atoms with Crippen LogP contribution in [0.4, 0.5) is 10.1 Å². The molecule has 0 aliphatic rings. The Morgan fingerprint density at radius 1 is 1.45 bits per heavy atom. The molecule has 0 atom stereocenters. The zero-order valence-electron chi connectivity index (χ0n) is 10.7. The fourth-order valence-corrected chi connectivity index (χ4v) is 1.57. The molecule has 0 unspecified atom stereocenters. The van der Waals surface area contributed by atoms with Crippen molar-refractivity contribution >= 4 is 17.6 Å². The van der Waals surface area contributed by atoms with Crippen molar-refractivity contribution in [3.63, 3.8) is 0 Å². The molecule has 108 valence electrons. The van der Waals surface area contributed by atoms with Gasteiger partial charge in [0.1, 0.15) is 5.82 Å². The predicted octanol–water partition coefficient (Wildman–Crippen LogP) is 1.67. The number of rotatable bonds is 6. The first-order valence-corrected chi connectivity index (χ1v) is 5.74. The number of amides is 1. The molecule has 0 aliphatic carbocycles. The van der Waals surface area contributed by atoms with E-state index in [2.05, 4.69) is 0 Å². The van der Waals surface area contributed by atoms with Gasteiger partial charge in [0.2, 0.25) is 0 Å². The predicted molar refractivity (Wildman–Crippen MR) is 66.9 cm³/mol. The van der Waals surface area contributed by atoms with Crippen LogP contribution in [0.3, 0.4) is 0 Å². The summed E-state index contributed by atoms with van der Waals surface area (Å²) in [4.78, 5) is 33.1. The standard InChI is InChI=1S/C12H13FN2O5/c1-14(6-2-3-11(16)17)12(18)9-5-4-8(15(19)20)7-10(9)13/h4-5,7H,2-3,6H2,1H3,(H,16,17). The highest BCUT2D eigenvalue weighted by Crippen LogP contribution is 2.17. The van der Waals surface area contributed by atoms with Crippen molar-refractivity contribution in [1.82, 2.24) is 4.90 Å². The Bertz CT molecular complexity index is 547. The van der Waals surface area contributed by atoms with E-state index in [0.29, 0.717) is 6.07 Å². The molecule has 0 spiro atoms. The van der Waals surface area contributed by atoms with E-state index >= 15 is 0 Å². The molecule has 0 aromatic heterocycles. The summed E-state index contributed by atoms with van der Waals surface area (Å²) in [5, 5.41) is 18.9. The van der Waals surface area contributed by atoms with Crippen LogP contribution in [0.2, 0.25) is 0 Å². The van der Waals surface area contributed by atoms with Gasteiger partial charge in [-0.05, 0) is 12.5 Å². The number of aliphatic carboxylic acids is 1. The van der Waals surface area contributed by atoms with E-state index < -0.39 is 28.3 Å². The summed E-state index contributed by atoms with van der Waals surface area (Å²) in [6.45, 7) is 0.154. The van der Waals surface area contributed by atoms with E-state index in [-0.39, 0.29) is 24.9 Å². The molecule has 0 heterocycles. The number of carboxylic acids is 1. The third-order valence-electron chi connectivity index (χ3n) is 2.62. The summed E-state index contributed by atoms with van der Waals surface area (Å²) >= 11 is 0. The number of nitro benzene ring substituents is 1. The Labute approximate surface area is 113 Å². The van der Waals surface area contributed by atoms with Gasteiger partial charge in [0, 0.05) is 26.1 Å². The summed E-state index contributed by atoms with van der Waals surface area (Å²) in [6, 6.07) is 2.77. The van der Waals surface area contributed by atoms with Gasteiger partial charge in [-0.15, -0.1) is 0 Å². The van der Waals surface area contributed by atoms with Gasteiger partial charge in [-0.3, -0.25) is 19.7 Å². The van der Waals surface area contributed by atoms with Crippen molar-refractivity contribution in [3.05, 3.63) is 39.7 Å². The first-order valence-electron chi connectivity index (χ1n) is 5.74. The second-order valence-electron chi connectivity index (χ2n) is 4.15. The lowest BCUT2D eigenvalue weighted by molar-refractivity contribution is -0.385. The average Bonchev–Trinajstić information content (AvgIpc) is 2.37. The van der Waals surface area contributed by atoms with Crippen LogP contribution in [0.1, 0.15) is 23.2 Å². The Hall–Kier alpha value is -2.51. The zero-order chi connectivity index (χ0) is 15.3. The van der Waals surface area contributed by atoms with Gasteiger partial charge in [-0.1, -0.05) is 0 Å². The Morgan fingerprint density at radius 3 is 2.60 bits per heavy atom. The molecule has 1 aromatic rings. The number of benzene rings is 1. The number of nitrogens with zero attached hydrogens (tertiary/aromatic N) is 2. The maximum Gasteiger partial charge on any atom is 0.303 e. The van der Waals surface area contributed by atoms with E-state index in [9.17, 15) is 24.1 Å². The third-order valence-corrected chi connectivity index (χ3v) is 2.62. The molecule has 1 N–H and O–H groups in total. The van der Waals surface area contributed by atoms with Crippen molar-refractivity contribution < 1.29 is 24.0 Å². The van der Waals surface area contributed by atoms with Crippen LogP contribution >= 0.6 is 0 Å². The Kier molecular flexibility index (Phi) is 5.13. The molecule has 0 saturated heterocycles. The largest absolute Gasteiger partial charge is 0.481 e. The number of carboxylic acid groups (broad SMARTS) is 1. The quantitative estimate of drug-likeness (QED) is 0.632. The first-order chi connectivity index (χ1) is 9.32. The smallest absolute Gasteiger partial charge is 0.303 e. The molecule has 1 amide bonds. The van der Waals surface area contributed by atoms with Gasteiger partial charge in [-0.2, -0.15) is 0 Å². The van der Waals surface area contributed by atoms with Crippen LogP contribution < -0.4 is 0 Å². The van der Waals surface area contributed by atoms with Crippen LogP contribution in [0.25, 0.3) is 0 Å². The van der Waals surface area contributed by atoms with E-state index in [0.717, 1.165) is 12.1 Å². The Balaban J connectivity index is 2.76. The van der Waals surface area contributed by atoms with Crippen LogP contribution in [0, 0.1) is 15.9 Å². The molecule has 1 aromatic carbocycles. The van der Waals surface area contributed by atoms with Crippen LogP contribution in [0.15, 0.2) is 18.2 Å². The van der Waals surface area contributed by atoms with Crippen LogP contribution in [-0.4, -0.2) is 40.4 Å². The SMILES string of the molecule is CN(CCCC(=O)O)C(=O)c1ccc([N+](=O)[O-])cc1F. The average molecular weight is 284 g/mol. The van der Waals surface area contributed by atoms with Gasteiger partial charge < -0.3 is 10.0 Å². The highest BCUT2D eigenvalue weighted by atomic mass is 19.1. The van der Waals surface area contributed by atoms with E-state index in [1.165, 1.54) is 11.9 Å². The van der Waals surface area contributed by atoms with E-state index in [1.807, 2.05) is 0 Å². The van der Waals surface area contributed by atoms with Crippen LogP contribution in [-0.2, 0) is 4.79 Å². The van der Waals surface area contributed by atoms with Gasteiger partial charge in [-0.25, -0.2) is 4.39 Å². The molecule has 0 bridgehead atoms.